The molecule has 0 spiro atoms. The average Bonchev–Trinajstić information content (AvgIpc) is 2.57. The Hall–Kier alpha value is -2.11. The van der Waals surface area contributed by atoms with Crippen LogP contribution in [0.5, 0.6) is 5.75 Å². The smallest absolute Gasteiger partial charge is 0.310 e. The summed E-state index contributed by atoms with van der Waals surface area (Å²) in [6.07, 6.45) is 1.94. The van der Waals surface area contributed by atoms with Gasteiger partial charge in [-0.05, 0) is 26.3 Å². The fraction of sp³-hybridized carbons (Fsp3) is 0.588. The molecule has 6 nitrogen and oxygen atoms in total. The Morgan fingerprint density at radius 3 is 2.39 bits per heavy atom. The van der Waals surface area contributed by atoms with E-state index in [1.165, 1.54) is 18.2 Å². The summed E-state index contributed by atoms with van der Waals surface area (Å²) >= 11 is 0. The van der Waals surface area contributed by atoms with Crippen molar-refractivity contribution < 1.29 is 14.5 Å². The van der Waals surface area contributed by atoms with Crippen LogP contribution in [-0.2, 0) is 0 Å². The number of amides is 1. The summed E-state index contributed by atoms with van der Waals surface area (Å²) in [5, 5.41) is 10.9. The largest absolute Gasteiger partial charge is 0.487 e. The molecule has 23 heavy (non-hydrogen) atoms. The molecule has 0 saturated carbocycles. The first-order chi connectivity index (χ1) is 11.0. The fourth-order valence-electron chi connectivity index (χ4n) is 2.00. The molecule has 0 atom stereocenters. The number of nitro benzene ring substituents is 1. The standard InChI is InChI=1S/C15H22N2O4.C2H6/c1-4-7-10-16(5-2)15(18)12-8-9-13(17(19)20)14(11-12)21-6-3;1-2/h8-9,11H,4-7,10H2,1-3H3;1-2H3. The summed E-state index contributed by atoms with van der Waals surface area (Å²) in [6, 6.07) is 4.27. The number of ether oxygens (including phenoxy) is 1. The van der Waals surface area contributed by atoms with E-state index in [2.05, 4.69) is 6.92 Å². The van der Waals surface area contributed by atoms with E-state index in [4.69, 9.17) is 4.74 Å². The van der Waals surface area contributed by atoms with Crippen LogP contribution in [0.4, 0.5) is 5.69 Å². The van der Waals surface area contributed by atoms with Gasteiger partial charge in [-0.2, -0.15) is 0 Å². The van der Waals surface area contributed by atoms with Crippen molar-refractivity contribution >= 4 is 11.6 Å². The lowest BCUT2D eigenvalue weighted by atomic mass is 10.1. The molecule has 1 amide bonds. The second kappa shape index (κ2) is 11.5. The second-order valence-corrected chi connectivity index (χ2v) is 4.61. The first-order valence-electron chi connectivity index (χ1n) is 8.25. The van der Waals surface area contributed by atoms with E-state index in [9.17, 15) is 14.9 Å². The zero-order valence-electron chi connectivity index (χ0n) is 14.8. The zero-order valence-corrected chi connectivity index (χ0v) is 14.8. The maximum absolute atomic E-state index is 12.4. The van der Waals surface area contributed by atoms with Crippen molar-refractivity contribution in [2.75, 3.05) is 19.7 Å². The molecule has 1 aromatic carbocycles. The molecule has 0 unspecified atom stereocenters. The number of unbranched alkanes of at least 4 members (excludes halogenated alkanes) is 1. The highest BCUT2D eigenvalue weighted by Gasteiger charge is 2.20. The van der Waals surface area contributed by atoms with Crippen LogP contribution in [0.3, 0.4) is 0 Å². The minimum atomic E-state index is -0.506. The lowest BCUT2D eigenvalue weighted by molar-refractivity contribution is -0.385. The monoisotopic (exact) mass is 324 g/mol. The summed E-state index contributed by atoms with van der Waals surface area (Å²) < 4.78 is 5.27. The lowest BCUT2D eigenvalue weighted by Crippen LogP contribution is -2.31. The van der Waals surface area contributed by atoms with E-state index in [0.717, 1.165) is 12.8 Å². The second-order valence-electron chi connectivity index (χ2n) is 4.61. The van der Waals surface area contributed by atoms with Gasteiger partial charge in [-0.3, -0.25) is 14.9 Å². The molecule has 0 aromatic heterocycles. The van der Waals surface area contributed by atoms with Crippen molar-refractivity contribution in [3.05, 3.63) is 33.9 Å². The third-order valence-electron chi connectivity index (χ3n) is 3.15. The SMILES string of the molecule is CC.CCCCN(CC)C(=O)c1ccc([N+](=O)[O-])c(OCC)c1. The van der Waals surface area contributed by atoms with Crippen LogP contribution in [0.2, 0.25) is 0 Å². The van der Waals surface area contributed by atoms with Gasteiger partial charge in [0.25, 0.3) is 5.91 Å². The summed E-state index contributed by atoms with van der Waals surface area (Å²) in [5.74, 6) is 0.0155. The van der Waals surface area contributed by atoms with Gasteiger partial charge in [-0.25, -0.2) is 0 Å². The molecule has 0 saturated heterocycles. The molecule has 0 aliphatic rings. The number of benzene rings is 1. The average molecular weight is 324 g/mol. The fourth-order valence-corrected chi connectivity index (χ4v) is 2.00. The number of nitro groups is 1. The van der Waals surface area contributed by atoms with Crippen molar-refractivity contribution in [1.82, 2.24) is 4.90 Å². The number of hydrogen-bond acceptors (Lipinski definition) is 4. The molecule has 0 radical (unpaired) electrons. The van der Waals surface area contributed by atoms with Gasteiger partial charge < -0.3 is 9.64 Å². The van der Waals surface area contributed by atoms with Gasteiger partial charge in [-0.1, -0.05) is 27.2 Å². The van der Waals surface area contributed by atoms with Crippen LogP contribution < -0.4 is 4.74 Å². The van der Waals surface area contributed by atoms with Gasteiger partial charge in [0.2, 0.25) is 0 Å². The van der Waals surface area contributed by atoms with Crippen molar-refractivity contribution in [2.45, 2.75) is 47.5 Å². The van der Waals surface area contributed by atoms with E-state index in [1.807, 2.05) is 20.8 Å². The summed E-state index contributed by atoms with van der Waals surface area (Å²) in [6.45, 7) is 11.3. The van der Waals surface area contributed by atoms with Crippen molar-refractivity contribution in [3.8, 4) is 5.75 Å². The van der Waals surface area contributed by atoms with Gasteiger partial charge in [0.15, 0.2) is 5.75 Å². The van der Waals surface area contributed by atoms with Crippen LogP contribution in [0.25, 0.3) is 0 Å². The Labute approximate surface area is 138 Å². The predicted octanol–water partition coefficient (Wildman–Crippen LogP) is 4.28. The molecule has 130 valence electrons. The van der Waals surface area contributed by atoms with Crippen LogP contribution in [0.15, 0.2) is 18.2 Å². The molecular formula is C17H28N2O4. The Kier molecular flexibility index (Phi) is 10.4. The molecule has 0 aliphatic carbocycles. The van der Waals surface area contributed by atoms with Crippen molar-refractivity contribution in [1.29, 1.82) is 0 Å². The molecule has 0 aliphatic heterocycles. The van der Waals surface area contributed by atoms with Crippen molar-refractivity contribution in [2.24, 2.45) is 0 Å². The normalized spacial score (nSPS) is 9.61. The van der Waals surface area contributed by atoms with E-state index in [1.54, 1.807) is 11.8 Å². The predicted molar refractivity (Wildman–Crippen MR) is 92.1 cm³/mol. The zero-order chi connectivity index (χ0) is 17.8. The quantitative estimate of drug-likeness (QED) is 0.528. The summed E-state index contributed by atoms with van der Waals surface area (Å²) in [7, 11) is 0. The molecule has 6 heteroatoms. The Bertz CT molecular complexity index is 503. The number of carbonyl (C=O) groups is 1. The maximum Gasteiger partial charge on any atom is 0.310 e. The summed E-state index contributed by atoms with van der Waals surface area (Å²) in [5.41, 5.74) is 0.298. The van der Waals surface area contributed by atoms with Gasteiger partial charge in [0, 0.05) is 30.8 Å². The number of carbonyl (C=O) groups excluding carboxylic acids is 1. The third-order valence-corrected chi connectivity index (χ3v) is 3.15. The molecular weight excluding hydrogens is 296 g/mol. The first-order valence-corrected chi connectivity index (χ1v) is 8.25. The molecule has 1 rings (SSSR count). The Balaban J connectivity index is 0.00000232. The Morgan fingerprint density at radius 2 is 1.91 bits per heavy atom. The van der Waals surface area contributed by atoms with E-state index < -0.39 is 4.92 Å². The highest BCUT2D eigenvalue weighted by Crippen LogP contribution is 2.28. The highest BCUT2D eigenvalue weighted by molar-refractivity contribution is 5.95. The van der Waals surface area contributed by atoms with Crippen LogP contribution in [0.1, 0.15) is 57.8 Å². The molecule has 0 N–H and O–H groups in total. The van der Waals surface area contributed by atoms with E-state index in [0.29, 0.717) is 25.3 Å². The summed E-state index contributed by atoms with van der Waals surface area (Å²) in [4.78, 5) is 24.6. The van der Waals surface area contributed by atoms with E-state index in [-0.39, 0.29) is 17.3 Å². The van der Waals surface area contributed by atoms with Crippen LogP contribution in [-0.4, -0.2) is 35.4 Å². The topological polar surface area (TPSA) is 72.7 Å². The maximum atomic E-state index is 12.4. The minimum Gasteiger partial charge on any atom is -0.487 e. The van der Waals surface area contributed by atoms with Gasteiger partial charge in [0.05, 0.1) is 11.5 Å². The number of nitrogens with zero attached hydrogens (tertiary/aromatic N) is 2. The van der Waals surface area contributed by atoms with Crippen molar-refractivity contribution in [3.63, 3.8) is 0 Å². The third kappa shape index (κ3) is 6.26. The lowest BCUT2D eigenvalue weighted by Gasteiger charge is -2.20. The van der Waals surface area contributed by atoms with Crippen LogP contribution in [0, 0.1) is 10.1 Å². The van der Waals surface area contributed by atoms with Gasteiger partial charge in [-0.15, -0.1) is 0 Å². The molecule has 0 fully saturated rings. The van der Waals surface area contributed by atoms with E-state index >= 15 is 0 Å². The van der Waals surface area contributed by atoms with Crippen LogP contribution >= 0.6 is 0 Å². The Morgan fingerprint density at radius 1 is 1.26 bits per heavy atom. The first kappa shape index (κ1) is 20.9. The van der Waals surface area contributed by atoms with Gasteiger partial charge in [0.1, 0.15) is 0 Å². The molecule has 0 heterocycles. The molecule has 1 aromatic rings. The minimum absolute atomic E-state index is 0.120. The number of hydrogen-bond donors (Lipinski definition) is 0. The molecule has 0 bridgehead atoms. The number of rotatable bonds is 8. The highest BCUT2D eigenvalue weighted by atomic mass is 16.6. The van der Waals surface area contributed by atoms with Gasteiger partial charge >= 0.3 is 5.69 Å².